The summed E-state index contributed by atoms with van der Waals surface area (Å²) in [4.78, 5) is 9.41. The van der Waals surface area contributed by atoms with Crippen molar-refractivity contribution in [1.82, 2.24) is 9.97 Å². The van der Waals surface area contributed by atoms with Crippen molar-refractivity contribution in [1.29, 1.82) is 0 Å². The number of hydrogen-bond acceptors (Lipinski definition) is 3. The summed E-state index contributed by atoms with van der Waals surface area (Å²) in [5, 5.41) is 4.40. The number of fused-ring (bicyclic) bond motifs is 1. The summed E-state index contributed by atoms with van der Waals surface area (Å²) in [6.07, 6.45) is 0.737. The van der Waals surface area contributed by atoms with Crippen LogP contribution in [0.2, 0.25) is 0 Å². The average molecular weight is 323 g/mol. The molecule has 0 aliphatic heterocycles. The Morgan fingerprint density at radius 2 is 1.79 bits per heavy atom. The highest BCUT2D eigenvalue weighted by Crippen LogP contribution is 2.25. The Labute approximate surface area is 142 Å². The van der Waals surface area contributed by atoms with E-state index in [1.54, 1.807) is 12.1 Å². The molecule has 4 heteroatoms. The topological polar surface area (TPSA) is 37.8 Å². The molecule has 0 aliphatic rings. The molecule has 0 bridgehead atoms. The van der Waals surface area contributed by atoms with E-state index in [1.807, 2.05) is 30.3 Å². The first-order valence-electron chi connectivity index (χ1n) is 8.19. The van der Waals surface area contributed by atoms with Crippen LogP contribution in [0.5, 0.6) is 0 Å². The SMILES string of the molecule is CC(C)(C)c1nc(NCCc2cccc(F)c2)c2ccccc2n1. The third-order valence-corrected chi connectivity index (χ3v) is 3.87. The van der Waals surface area contributed by atoms with Crippen LogP contribution < -0.4 is 5.32 Å². The zero-order valence-corrected chi connectivity index (χ0v) is 14.3. The summed E-state index contributed by atoms with van der Waals surface area (Å²) < 4.78 is 13.3. The van der Waals surface area contributed by atoms with Crippen molar-refractivity contribution in [3.63, 3.8) is 0 Å². The minimum absolute atomic E-state index is 0.122. The lowest BCUT2D eigenvalue weighted by Crippen LogP contribution is -2.18. The Kier molecular flexibility index (Phi) is 4.47. The van der Waals surface area contributed by atoms with Crippen molar-refractivity contribution in [2.24, 2.45) is 0 Å². The maximum atomic E-state index is 13.3. The third kappa shape index (κ3) is 3.70. The molecule has 3 nitrogen and oxygen atoms in total. The lowest BCUT2D eigenvalue weighted by Gasteiger charge is -2.19. The molecule has 0 aliphatic carbocycles. The maximum Gasteiger partial charge on any atom is 0.137 e. The molecule has 0 amide bonds. The van der Waals surface area contributed by atoms with Gasteiger partial charge in [-0.1, -0.05) is 45.0 Å². The molecule has 0 unspecified atom stereocenters. The van der Waals surface area contributed by atoms with Gasteiger partial charge in [-0.15, -0.1) is 0 Å². The van der Waals surface area contributed by atoms with E-state index in [-0.39, 0.29) is 11.2 Å². The molecule has 3 aromatic rings. The summed E-state index contributed by atoms with van der Waals surface area (Å²) in [6, 6.07) is 14.7. The first kappa shape index (κ1) is 16.4. The van der Waals surface area contributed by atoms with E-state index < -0.39 is 0 Å². The standard InChI is InChI=1S/C20H22FN3/c1-20(2,3)19-23-17-10-5-4-9-16(17)18(24-19)22-12-11-14-7-6-8-15(21)13-14/h4-10,13H,11-12H2,1-3H3,(H,22,23,24). The Bertz CT molecular complexity index is 853. The van der Waals surface area contributed by atoms with E-state index >= 15 is 0 Å². The van der Waals surface area contributed by atoms with Crippen LogP contribution in [0.3, 0.4) is 0 Å². The summed E-state index contributed by atoms with van der Waals surface area (Å²) in [7, 11) is 0. The van der Waals surface area contributed by atoms with E-state index in [0.717, 1.165) is 34.5 Å². The highest BCUT2D eigenvalue weighted by Gasteiger charge is 2.19. The number of hydrogen-bond donors (Lipinski definition) is 1. The molecule has 0 fully saturated rings. The van der Waals surface area contributed by atoms with Crippen LogP contribution in [-0.2, 0) is 11.8 Å². The molecule has 0 saturated heterocycles. The van der Waals surface area contributed by atoms with Crippen LogP contribution in [0.4, 0.5) is 10.2 Å². The van der Waals surface area contributed by atoms with E-state index in [9.17, 15) is 4.39 Å². The molecule has 2 aromatic carbocycles. The van der Waals surface area contributed by atoms with Crippen molar-refractivity contribution in [2.45, 2.75) is 32.6 Å². The molecule has 0 radical (unpaired) electrons. The Morgan fingerprint density at radius 3 is 2.54 bits per heavy atom. The average Bonchev–Trinajstić information content (AvgIpc) is 2.54. The molecule has 1 heterocycles. The first-order valence-corrected chi connectivity index (χ1v) is 8.19. The highest BCUT2D eigenvalue weighted by atomic mass is 19.1. The lowest BCUT2D eigenvalue weighted by atomic mass is 9.95. The van der Waals surface area contributed by atoms with Crippen LogP contribution in [-0.4, -0.2) is 16.5 Å². The predicted octanol–water partition coefficient (Wildman–Crippen LogP) is 4.72. The predicted molar refractivity (Wildman–Crippen MR) is 96.8 cm³/mol. The molecule has 24 heavy (non-hydrogen) atoms. The zero-order chi connectivity index (χ0) is 17.2. The van der Waals surface area contributed by atoms with Gasteiger partial charge in [0.25, 0.3) is 0 Å². The van der Waals surface area contributed by atoms with Gasteiger partial charge in [0.05, 0.1) is 5.52 Å². The highest BCUT2D eigenvalue weighted by molar-refractivity contribution is 5.89. The fourth-order valence-corrected chi connectivity index (χ4v) is 2.56. The molecule has 0 saturated carbocycles. The minimum Gasteiger partial charge on any atom is -0.369 e. The van der Waals surface area contributed by atoms with Crippen LogP contribution in [0.1, 0.15) is 32.2 Å². The molecule has 1 aromatic heterocycles. The van der Waals surface area contributed by atoms with Gasteiger partial charge >= 0.3 is 0 Å². The molecule has 3 rings (SSSR count). The Balaban J connectivity index is 1.85. The van der Waals surface area contributed by atoms with Crippen molar-refractivity contribution in [2.75, 3.05) is 11.9 Å². The van der Waals surface area contributed by atoms with Crippen LogP contribution in [0.25, 0.3) is 10.9 Å². The number of nitrogens with one attached hydrogen (secondary N) is 1. The smallest absolute Gasteiger partial charge is 0.137 e. The van der Waals surface area contributed by atoms with Gasteiger partial charge in [0.15, 0.2) is 0 Å². The molecular formula is C20H22FN3. The number of nitrogens with zero attached hydrogens (tertiary/aromatic N) is 2. The summed E-state index contributed by atoms with van der Waals surface area (Å²) >= 11 is 0. The van der Waals surface area contributed by atoms with E-state index in [2.05, 4.69) is 31.1 Å². The minimum atomic E-state index is -0.199. The fraction of sp³-hybridized carbons (Fsp3) is 0.300. The number of anilines is 1. The number of rotatable bonds is 4. The number of para-hydroxylation sites is 1. The monoisotopic (exact) mass is 323 g/mol. The summed E-state index contributed by atoms with van der Waals surface area (Å²) in [5.74, 6) is 1.45. The van der Waals surface area contributed by atoms with Crippen LogP contribution in [0, 0.1) is 5.82 Å². The first-order chi connectivity index (χ1) is 11.4. The normalized spacial score (nSPS) is 11.7. The van der Waals surface area contributed by atoms with Gasteiger partial charge in [-0.05, 0) is 36.2 Å². The number of aromatic nitrogens is 2. The molecule has 1 N–H and O–H groups in total. The van der Waals surface area contributed by atoms with Crippen LogP contribution in [0.15, 0.2) is 48.5 Å². The Morgan fingerprint density at radius 1 is 1.00 bits per heavy atom. The van der Waals surface area contributed by atoms with Gasteiger partial charge in [-0.25, -0.2) is 14.4 Å². The zero-order valence-electron chi connectivity index (χ0n) is 14.3. The second kappa shape index (κ2) is 6.56. The molecule has 0 atom stereocenters. The van der Waals surface area contributed by atoms with Gasteiger partial charge in [0.2, 0.25) is 0 Å². The summed E-state index contributed by atoms with van der Waals surface area (Å²) in [6.45, 7) is 7.00. The quantitative estimate of drug-likeness (QED) is 0.755. The van der Waals surface area contributed by atoms with Crippen molar-refractivity contribution < 1.29 is 4.39 Å². The van der Waals surface area contributed by atoms with E-state index in [4.69, 9.17) is 4.98 Å². The summed E-state index contributed by atoms with van der Waals surface area (Å²) in [5.41, 5.74) is 1.78. The maximum absolute atomic E-state index is 13.3. The van der Waals surface area contributed by atoms with E-state index in [1.165, 1.54) is 6.07 Å². The largest absolute Gasteiger partial charge is 0.369 e. The van der Waals surface area contributed by atoms with E-state index in [0.29, 0.717) is 6.54 Å². The van der Waals surface area contributed by atoms with Gasteiger partial charge in [0, 0.05) is 17.3 Å². The van der Waals surface area contributed by atoms with Gasteiger partial charge in [-0.3, -0.25) is 0 Å². The number of halogens is 1. The van der Waals surface area contributed by atoms with Crippen molar-refractivity contribution in [3.8, 4) is 0 Å². The fourth-order valence-electron chi connectivity index (χ4n) is 2.56. The van der Waals surface area contributed by atoms with Crippen LogP contribution >= 0.6 is 0 Å². The van der Waals surface area contributed by atoms with Gasteiger partial charge < -0.3 is 5.32 Å². The lowest BCUT2D eigenvalue weighted by molar-refractivity contribution is 0.549. The molecule has 124 valence electrons. The Hall–Kier alpha value is -2.49. The van der Waals surface area contributed by atoms with Crippen molar-refractivity contribution in [3.05, 3.63) is 65.7 Å². The second-order valence-corrected chi connectivity index (χ2v) is 6.97. The van der Waals surface area contributed by atoms with Gasteiger partial charge in [-0.2, -0.15) is 0 Å². The number of benzene rings is 2. The van der Waals surface area contributed by atoms with Crippen molar-refractivity contribution >= 4 is 16.7 Å². The second-order valence-electron chi connectivity index (χ2n) is 6.97. The molecular weight excluding hydrogens is 301 g/mol. The molecule has 0 spiro atoms. The van der Waals surface area contributed by atoms with Gasteiger partial charge in [0.1, 0.15) is 17.5 Å². The third-order valence-electron chi connectivity index (χ3n) is 3.87.